The van der Waals surface area contributed by atoms with Crippen molar-refractivity contribution in [3.63, 3.8) is 0 Å². The number of carbonyl (C=O) groups is 5. The Morgan fingerprint density at radius 1 is 0.309 bits per heavy atom. The molecule has 688 valence electrons. The van der Waals surface area contributed by atoms with Crippen molar-refractivity contribution in [1.29, 1.82) is 21.0 Å². The number of carboxylic acid groups (broad SMARTS) is 1. The van der Waals surface area contributed by atoms with Crippen LogP contribution in [0.25, 0.3) is 45.0 Å². The van der Waals surface area contributed by atoms with Crippen LogP contribution in [0.4, 0.5) is 0 Å². The molecule has 0 fully saturated rings. The summed E-state index contributed by atoms with van der Waals surface area (Å²) in [7, 11) is -8.68. The van der Waals surface area contributed by atoms with Crippen molar-refractivity contribution in [3.8, 4) is 92.3 Å². The molecule has 42 heteroatoms. The van der Waals surface area contributed by atoms with Gasteiger partial charge in [-0.05, 0) is 190 Å². The summed E-state index contributed by atoms with van der Waals surface area (Å²) in [6.07, 6.45) is 10.0. The van der Waals surface area contributed by atoms with Crippen LogP contribution in [0.1, 0.15) is 73.7 Å². The average Bonchev–Trinajstić information content (AvgIpc) is 1.59. The van der Waals surface area contributed by atoms with Crippen molar-refractivity contribution >= 4 is 93.9 Å². The Hall–Kier alpha value is -17.5. The standard InChI is InChI=1S/4C23H19N5O4S.C2H4O2/c4*1-28-21(29)23(27-22(28)25,17-6-8-19(9-7-17)32-33(2,30)31)18-10-11-26-20(13-18)16-5-3-4-15(12-16)14-24;1-2(3)4/h4*3-13H,1-2H3,(H2,25,27);1H3,(H,3,4). The average molecular weight is 1910 g/mol. The van der Waals surface area contributed by atoms with Crippen LogP contribution in [0.3, 0.4) is 0 Å². The van der Waals surface area contributed by atoms with E-state index in [1.54, 1.807) is 195 Å². The zero-order valence-corrected chi connectivity index (χ0v) is 76.7. The Balaban J connectivity index is 0.000000161. The van der Waals surface area contributed by atoms with Crippen LogP contribution in [-0.4, -0.2) is 185 Å². The number of aliphatic imine (C=N–C) groups is 4. The second-order valence-corrected chi connectivity index (χ2v) is 36.7. The fourth-order valence-corrected chi connectivity index (χ4v) is 16.5. The highest BCUT2D eigenvalue weighted by molar-refractivity contribution is 7.87. The lowest BCUT2D eigenvalue weighted by Crippen LogP contribution is -2.41. The van der Waals surface area contributed by atoms with Crippen LogP contribution in [-0.2, 0) is 86.6 Å². The van der Waals surface area contributed by atoms with Crippen LogP contribution < -0.4 is 39.7 Å². The van der Waals surface area contributed by atoms with E-state index in [9.17, 15) is 73.9 Å². The highest BCUT2D eigenvalue weighted by Crippen LogP contribution is 2.46. The second kappa shape index (κ2) is 39.3. The van der Waals surface area contributed by atoms with E-state index in [2.05, 4.69) is 64.2 Å². The van der Waals surface area contributed by atoms with Gasteiger partial charge in [0.1, 0.15) is 23.0 Å². The smallest absolute Gasteiger partial charge is 0.306 e. The summed E-state index contributed by atoms with van der Waals surface area (Å²) >= 11 is 0. The Kier molecular flexibility index (Phi) is 28.2. The molecular weight excluding hydrogens is 1830 g/mol. The number of nitrogens with two attached hydrogens (primary N) is 4. The first-order valence-corrected chi connectivity index (χ1v) is 47.2. The summed E-state index contributed by atoms with van der Waals surface area (Å²) in [5.74, 6) is -1.73. The summed E-state index contributed by atoms with van der Waals surface area (Å²) in [5, 5.41) is 44.3. The summed E-state index contributed by atoms with van der Waals surface area (Å²) in [5.41, 5.74) is 29.0. The molecule has 4 aliphatic rings. The summed E-state index contributed by atoms with van der Waals surface area (Å²) in [6, 6.07) is 74.1. The predicted molar refractivity (Wildman–Crippen MR) is 499 cm³/mol. The Morgan fingerprint density at radius 2 is 0.485 bits per heavy atom. The molecule has 4 unspecified atom stereocenters. The SMILES string of the molecule is CC(=O)O.CN1C(=O)C(c2ccc(OS(C)(=O)=O)cc2)(c2ccnc(-c3cccc(C#N)c3)c2)N=C1N.CN1C(=O)C(c2ccc(OS(C)(=O)=O)cc2)(c2ccnc(-c3cccc(C#N)c3)c2)N=C1N.CN1C(=O)C(c2ccc(OS(C)(=O)=O)cc2)(c2ccnc(-c3cccc(C#N)c3)c2)N=C1N.CN1C(=O)C(c2ccc(OS(C)(=O)=O)cc2)(c2ccnc(-c3cccc(C#N)c3)c2)N=C1N. The van der Waals surface area contributed by atoms with Crippen molar-refractivity contribution in [2.24, 2.45) is 42.9 Å². The van der Waals surface area contributed by atoms with E-state index in [1.165, 1.54) is 96.3 Å². The van der Waals surface area contributed by atoms with Gasteiger partial charge in [0.2, 0.25) is 0 Å². The lowest BCUT2D eigenvalue weighted by atomic mass is 9.82. The van der Waals surface area contributed by atoms with Crippen molar-refractivity contribution in [2.75, 3.05) is 53.2 Å². The fraction of sp³-hybridized carbons (Fsp3) is 0.138. The first-order valence-electron chi connectivity index (χ1n) is 39.9. The van der Waals surface area contributed by atoms with Crippen LogP contribution in [0.2, 0.25) is 0 Å². The molecule has 8 heterocycles. The lowest BCUT2D eigenvalue weighted by molar-refractivity contribution is -0.134. The molecule has 4 atom stereocenters. The number of amides is 4. The number of benzene rings is 8. The monoisotopic (exact) mass is 1900 g/mol. The number of pyridine rings is 4. The number of carboxylic acids is 1. The number of likely N-dealkylation sites (N-methyl/N-ethyl adjacent to an activating group) is 4. The van der Waals surface area contributed by atoms with Crippen molar-refractivity contribution in [1.82, 2.24) is 39.5 Å². The minimum atomic E-state index is -3.70. The quantitative estimate of drug-likeness (QED) is 0.0450. The zero-order chi connectivity index (χ0) is 98.8. The summed E-state index contributed by atoms with van der Waals surface area (Å²) < 4.78 is 111. The third kappa shape index (κ3) is 21.3. The third-order valence-corrected chi connectivity index (χ3v) is 22.9. The van der Waals surface area contributed by atoms with Gasteiger partial charge in [-0.15, -0.1) is 0 Å². The van der Waals surface area contributed by atoms with Gasteiger partial charge in [-0.2, -0.15) is 54.7 Å². The number of nitriles is 4. The van der Waals surface area contributed by atoms with E-state index in [4.69, 9.17) is 49.6 Å². The maximum atomic E-state index is 13.4. The molecule has 4 amide bonds. The van der Waals surface area contributed by atoms with Gasteiger partial charge < -0.3 is 44.8 Å². The number of carbonyl (C=O) groups excluding carboxylic acids is 4. The van der Waals surface area contributed by atoms with Gasteiger partial charge in [-0.3, -0.25) is 63.5 Å². The second-order valence-electron chi connectivity index (χ2n) is 30.4. The molecule has 0 bridgehead atoms. The first kappa shape index (κ1) is 97.6. The molecule has 9 N–H and O–H groups in total. The molecule has 0 radical (unpaired) electrons. The van der Waals surface area contributed by atoms with Crippen molar-refractivity contribution < 1.29 is 79.5 Å². The van der Waals surface area contributed by atoms with E-state index in [0.29, 0.717) is 112 Å². The van der Waals surface area contributed by atoms with E-state index in [-0.39, 0.29) is 70.5 Å². The number of nitrogens with zero attached hydrogens (tertiary/aromatic N) is 16. The van der Waals surface area contributed by atoms with Crippen LogP contribution in [0.5, 0.6) is 23.0 Å². The van der Waals surface area contributed by atoms with E-state index in [0.717, 1.165) is 31.9 Å². The maximum absolute atomic E-state index is 13.4. The van der Waals surface area contributed by atoms with Gasteiger partial charge in [0.15, 0.2) is 46.0 Å². The molecule has 0 aliphatic carbocycles. The van der Waals surface area contributed by atoms with E-state index >= 15 is 0 Å². The van der Waals surface area contributed by atoms with Crippen molar-refractivity contribution in [3.05, 3.63) is 334 Å². The minimum absolute atomic E-state index is 0.0429. The molecular formula is C94H80N20O18S4. The normalized spacial score (nSPS) is 17.7. The Labute approximate surface area is 780 Å². The van der Waals surface area contributed by atoms with Gasteiger partial charge in [-0.1, -0.05) is 97.1 Å². The zero-order valence-electron chi connectivity index (χ0n) is 73.4. The number of hydrogen-bond acceptors (Lipinski definition) is 33. The largest absolute Gasteiger partial charge is 0.481 e. The van der Waals surface area contributed by atoms with E-state index in [1.807, 2.05) is 24.3 Å². The summed E-state index contributed by atoms with van der Waals surface area (Å²) in [6.45, 7) is 1.08. The highest BCUT2D eigenvalue weighted by Gasteiger charge is 2.54. The molecule has 4 aliphatic heterocycles. The molecule has 16 rings (SSSR count). The van der Waals surface area contributed by atoms with Crippen LogP contribution in [0, 0.1) is 45.3 Å². The van der Waals surface area contributed by atoms with Gasteiger partial charge in [0.05, 0.1) is 94.3 Å². The predicted octanol–water partition coefficient (Wildman–Crippen LogP) is 8.05. The number of hydrogen-bond donors (Lipinski definition) is 5. The highest BCUT2D eigenvalue weighted by atomic mass is 32.2. The molecule has 4 aromatic heterocycles. The topological polar surface area (TPSA) is 592 Å². The Bertz CT molecular complexity index is 6710. The molecule has 136 heavy (non-hydrogen) atoms. The molecule has 8 aromatic carbocycles. The van der Waals surface area contributed by atoms with E-state index < -0.39 is 68.6 Å². The van der Waals surface area contributed by atoms with Gasteiger partial charge in [-0.25, -0.2) is 20.0 Å². The lowest BCUT2D eigenvalue weighted by Gasteiger charge is -2.26. The van der Waals surface area contributed by atoms with Crippen LogP contribution in [0.15, 0.2) is 287 Å². The fourth-order valence-electron chi connectivity index (χ4n) is 14.7. The molecule has 12 aromatic rings. The van der Waals surface area contributed by atoms with Crippen LogP contribution >= 0.6 is 0 Å². The number of aliphatic carboxylic acids is 1. The first-order chi connectivity index (χ1) is 64.3. The van der Waals surface area contributed by atoms with Gasteiger partial charge in [0, 0.05) is 82.2 Å². The van der Waals surface area contributed by atoms with Gasteiger partial charge in [0.25, 0.3) is 29.6 Å². The summed E-state index contributed by atoms with van der Waals surface area (Å²) in [4.78, 5) is 104. The maximum Gasteiger partial charge on any atom is 0.306 e. The molecule has 0 saturated carbocycles. The molecule has 38 nitrogen and oxygen atoms in total. The molecule has 0 spiro atoms. The number of guanidine groups is 4. The number of rotatable bonds is 20. The number of aromatic nitrogens is 4. The molecule has 0 saturated heterocycles. The Morgan fingerprint density at radius 3 is 0.632 bits per heavy atom. The third-order valence-electron chi connectivity index (χ3n) is 20.9. The van der Waals surface area contributed by atoms with Crippen molar-refractivity contribution in [2.45, 2.75) is 29.1 Å². The minimum Gasteiger partial charge on any atom is -0.481 e. The van der Waals surface area contributed by atoms with Gasteiger partial charge >= 0.3 is 40.5 Å².